The Hall–Kier alpha value is -3.84. The summed E-state index contributed by atoms with van der Waals surface area (Å²) in [5, 5.41) is 3.13. The lowest BCUT2D eigenvalue weighted by molar-refractivity contribution is -0.127. The zero-order chi connectivity index (χ0) is 25.6. The van der Waals surface area contributed by atoms with Crippen LogP contribution in [0.3, 0.4) is 0 Å². The van der Waals surface area contributed by atoms with Crippen molar-refractivity contribution in [3.63, 3.8) is 0 Å². The average molecular weight is 499 g/mol. The molecule has 0 spiro atoms. The minimum absolute atomic E-state index is 0.0218. The summed E-state index contributed by atoms with van der Waals surface area (Å²) in [7, 11) is 3.33. The van der Waals surface area contributed by atoms with Gasteiger partial charge in [0.15, 0.2) is 0 Å². The molecule has 1 N–H and O–H groups in total. The van der Waals surface area contributed by atoms with E-state index in [4.69, 9.17) is 14.5 Å². The van der Waals surface area contributed by atoms with Crippen molar-refractivity contribution >= 4 is 16.9 Å². The van der Waals surface area contributed by atoms with Crippen LogP contribution in [0, 0.1) is 5.92 Å². The van der Waals surface area contributed by atoms with Gasteiger partial charge in [0.25, 0.3) is 0 Å². The number of hydrogen-bond acceptors (Lipinski definition) is 5. The first-order valence-electron chi connectivity index (χ1n) is 12.8. The number of methoxy groups -OCH3 is 2. The number of hydrogen-bond donors (Lipinski definition) is 1. The maximum Gasteiger partial charge on any atom is 0.224 e. The Balaban J connectivity index is 1.26. The van der Waals surface area contributed by atoms with Gasteiger partial charge in [0.1, 0.15) is 17.3 Å². The van der Waals surface area contributed by atoms with Crippen LogP contribution in [-0.4, -0.2) is 47.7 Å². The second kappa shape index (κ2) is 11.5. The zero-order valence-corrected chi connectivity index (χ0v) is 21.5. The summed E-state index contributed by atoms with van der Waals surface area (Å²) in [6, 6.07) is 24.3. The van der Waals surface area contributed by atoms with Gasteiger partial charge in [0.2, 0.25) is 5.91 Å². The van der Waals surface area contributed by atoms with E-state index in [0.29, 0.717) is 13.1 Å². The maximum absolute atomic E-state index is 13.0. The lowest BCUT2D eigenvalue weighted by Gasteiger charge is -2.31. The molecule has 37 heavy (non-hydrogen) atoms. The SMILES string of the molecule is COc1ccc(CNC(=O)[C@@H]2CCCN(Cc3nc4ccccc4n3Cc3ccc(OC)cc3)C2)cc1. The van der Waals surface area contributed by atoms with Crippen LogP contribution in [0.25, 0.3) is 11.0 Å². The molecule has 4 aromatic rings. The van der Waals surface area contributed by atoms with Gasteiger partial charge in [-0.3, -0.25) is 9.69 Å². The maximum atomic E-state index is 13.0. The highest BCUT2D eigenvalue weighted by Gasteiger charge is 2.27. The van der Waals surface area contributed by atoms with Gasteiger partial charge in [0, 0.05) is 19.6 Å². The molecular formula is C30H34N4O3. The number of nitrogens with zero attached hydrogens (tertiary/aromatic N) is 3. The van der Waals surface area contributed by atoms with E-state index in [1.54, 1.807) is 14.2 Å². The van der Waals surface area contributed by atoms with E-state index in [0.717, 1.165) is 66.4 Å². The van der Waals surface area contributed by atoms with Crippen LogP contribution in [0.2, 0.25) is 0 Å². The topological polar surface area (TPSA) is 68.6 Å². The third-order valence-electron chi connectivity index (χ3n) is 7.10. The lowest BCUT2D eigenvalue weighted by atomic mass is 9.97. The fourth-order valence-electron chi connectivity index (χ4n) is 5.03. The number of nitrogens with one attached hydrogen (secondary N) is 1. The molecule has 5 rings (SSSR count). The molecule has 192 valence electrons. The Morgan fingerprint density at radius 1 is 0.919 bits per heavy atom. The standard InChI is InChI=1S/C30H34N4O3/c1-36-25-13-9-22(10-14-25)18-31-30(35)24-6-5-17-33(20-24)21-29-32-27-7-3-4-8-28(27)34(29)19-23-11-15-26(37-2)16-12-23/h3-4,7-16,24H,5-6,17-21H2,1-2H3,(H,31,35)/t24-/m1/s1. The minimum Gasteiger partial charge on any atom is -0.497 e. The summed E-state index contributed by atoms with van der Waals surface area (Å²) < 4.78 is 12.8. The van der Waals surface area contributed by atoms with Gasteiger partial charge in [0.05, 0.1) is 37.7 Å². The van der Waals surface area contributed by atoms with E-state index in [1.807, 2.05) is 42.5 Å². The van der Waals surface area contributed by atoms with Gasteiger partial charge in [-0.1, -0.05) is 36.4 Å². The van der Waals surface area contributed by atoms with Gasteiger partial charge in [-0.2, -0.15) is 0 Å². The Kier molecular flexibility index (Phi) is 7.70. The molecule has 1 aliphatic heterocycles. The number of piperidine rings is 1. The number of likely N-dealkylation sites (tertiary alicyclic amines) is 1. The van der Waals surface area contributed by atoms with Crippen LogP contribution >= 0.6 is 0 Å². The third kappa shape index (κ3) is 5.94. The van der Waals surface area contributed by atoms with Gasteiger partial charge < -0.3 is 19.4 Å². The number of carbonyl (C=O) groups excluding carboxylic acids is 1. The number of benzene rings is 3. The predicted molar refractivity (Wildman–Crippen MR) is 145 cm³/mol. The average Bonchev–Trinajstić information content (AvgIpc) is 3.29. The van der Waals surface area contributed by atoms with Gasteiger partial charge in [-0.25, -0.2) is 4.98 Å². The molecule has 0 radical (unpaired) electrons. The smallest absolute Gasteiger partial charge is 0.224 e. The van der Waals surface area contributed by atoms with Gasteiger partial charge in [-0.05, 0) is 66.9 Å². The molecular weight excluding hydrogens is 464 g/mol. The molecule has 1 aliphatic rings. The lowest BCUT2D eigenvalue weighted by Crippen LogP contribution is -2.42. The zero-order valence-electron chi connectivity index (χ0n) is 21.5. The van der Waals surface area contributed by atoms with Crippen molar-refractivity contribution in [2.45, 2.75) is 32.5 Å². The number of imidazole rings is 1. The Labute approximate surface area is 218 Å². The molecule has 1 aromatic heterocycles. The van der Waals surface area contributed by atoms with Gasteiger partial charge in [-0.15, -0.1) is 0 Å². The van der Waals surface area contributed by atoms with Crippen molar-refractivity contribution in [1.29, 1.82) is 0 Å². The number of rotatable bonds is 9. The largest absolute Gasteiger partial charge is 0.497 e. The summed E-state index contributed by atoms with van der Waals surface area (Å²) >= 11 is 0. The van der Waals surface area contributed by atoms with E-state index in [2.05, 4.69) is 45.1 Å². The molecule has 0 bridgehead atoms. The predicted octanol–water partition coefficient (Wildman–Crippen LogP) is 4.63. The summed E-state index contributed by atoms with van der Waals surface area (Å²) in [6.07, 6.45) is 1.91. The third-order valence-corrected chi connectivity index (χ3v) is 7.10. The van der Waals surface area contributed by atoms with Crippen LogP contribution in [-0.2, 0) is 24.4 Å². The highest BCUT2D eigenvalue weighted by atomic mass is 16.5. The summed E-state index contributed by atoms with van der Waals surface area (Å²) in [5.74, 6) is 2.79. The Morgan fingerprint density at radius 3 is 2.30 bits per heavy atom. The monoisotopic (exact) mass is 498 g/mol. The van der Waals surface area contributed by atoms with Gasteiger partial charge >= 0.3 is 0 Å². The van der Waals surface area contributed by atoms with Crippen molar-refractivity contribution in [2.75, 3.05) is 27.3 Å². The van der Waals surface area contributed by atoms with Crippen molar-refractivity contribution in [2.24, 2.45) is 5.92 Å². The number of para-hydroxylation sites is 2. The fourth-order valence-corrected chi connectivity index (χ4v) is 5.03. The van der Waals surface area contributed by atoms with Crippen LogP contribution in [0.15, 0.2) is 72.8 Å². The molecule has 1 fully saturated rings. The van der Waals surface area contributed by atoms with Crippen LogP contribution in [0.1, 0.15) is 29.8 Å². The first-order valence-corrected chi connectivity index (χ1v) is 12.8. The molecule has 1 saturated heterocycles. The number of ether oxygens (including phenoxy) is 2. The van der Waals surface area contributed by atoms with Crippen LogP contribution in [0.5, 0.6) is 11.5 Å². The second-order valence-electron chi connectivity index (χ2n) is 9.59. The number of aromatic nitrogens is 2. The normalized spacial score (nSPS) is 16.0. The van der Waals surface area contributed by atoms with E-state index >= 15 is 0 Å². The van der Waals surface area contributed by atoms with E-state index < -0.39 is 0 Å². The molecule has 0 aliphatic carbocycles. The quantitative estimate of drug-likeness (QED) is 0.364. The fraction of sp³-hybridized carbons (Fsp3) is 0.333. The summed E-state index contributed by atoms with van der Waals surface area (Å²) in [5.41, 5.74) is 4.38. The number of carbonyl (C=O) groups is 1. The van der Waals surface area contributed by atoms with Crippen molar-refractivity contribution in [1.82, 2.24) is 19.8 Å². The van der Waals surface area contributed by atoms with E-state index in [1.165, 1.54) is 5.56 Å². The van der Waals surface area contributed by atoms with E-state index in [-0.39, 0.29) is 11.8 Å². The number of amides is 1. The second-order valence-corrected chi connectivity index (χ2v) is 9.59. The minimum atomic E-state index is -0.0218. The van der Waals surface area contributed by atoms with Crippen molar-refractivity contribution < 1.29 is 14.3 Å². The molecule has 7 heteroatoms. The van der Waals surface area contributed by atoms with Crippen molar-refractivity contribution in [3.8, 4) is 11.5 Å². The Bertz CT molecular complexity index is 1330. The molecule has 1 atom stereocenters. The molecule has 2 heterocycles. The van der Waals surface area contributed by atoms with E-state index in [9.17, 15) is 4.79 Å². The highest BCUT2D eigenvalue weighted by Crippen LogP contribution is 2.23. The Morgan fingerprint density at radius 2 is 1.59 bits per heavy atom. The number of fused-ring (bicyclic) bond motifs is 1. The first kappa shape index (κ1) is 24.8. The van der Waals surface area contributed by atoms with Crippen LogP contribution < -0.4 is 14.8 Å². The van der Waals surface area contributed by atoms with Crippen LogP contribution in [0.4, 0.5) is 0 Å². The molecule has 7 nitrogen and oxygen atoms in total. The molecule has 0 unspecified atom stereocenters. The first-order chi connectivity index (χ1) is 18.1. The molecule has 1 amide bonds. The highest BCUT2D eigenvalue weighted by molar-refractivity contribution is 5.79. The summed E-state index contributed by atoms with van der Waals surface area (Å²) in [6.45, 7) is 3.68. The summed E-state index contributed by atoms with van der Waals surface area (Å²) in [4.78, 5) is 20.4. The van der Waals surface area contributed by atoms with Crippen molar-refractivity contribution in [3.05, 3.63) is 89.7 Å². The molecule has 3 aromatic carbocycles. The molecule has 0 saturated carbocycles.